The lowest BCUT2D eigenvalue weighted by molar-refractivity contribution is 0.292. The average molecular weight is 257 g/mol. The second kappa shape index (κ2) is 5.78. The summed E-state index contributed by atoms with van der Waals surface area (Å²) < 4.78 is 7.81. The molecule has 2 heterocycles. The van der Waals surface area contributed by atoms with E-state index in [1.807, 2.05) is 23.0 Å². The second-order valence-electron chi connectivity index (χ2n) is 4.78. The zero-order valence-corrected chi connectivity index (χ0v) is 11.0. The summed E-state index contributed by atoms with van der Waals surface area (Å²) in [7, 11) is 0. The van der Waals surface area contributed by atoms with Gasteiger partial charge in [0, 0.05) is 25.5 Å². The Morgan fingerprint density at radius 1 is 1.11 bits per heavy atom. The molecule has 0 radical (unpaired) electrons. The van der Waals surface area contributed by atoms with Gasteiger partial charge in [0.25, 0.3) is 0 Å². The van der Waals surface area contributed by atoms with Crippen LogP contribution in [0, 0.1) is 0 Å². The topological polar surface area (TPSA) is 30.3 Å². The van der Waals surface area contributed by atoms with Gasteiger partial charge in [-0.25, -0.2) is 0 Å². The molecule has 0 atom stereocenters. The van der Waals surface area contributed by atoms with Crippen molar-refractivity contribution in [3.05, 3.63) is 42.7 Å². The van der Waals surface area contributed by atoms with Crippen LogP contribution in [-0.4, -0.2) is 29.5 Å². The molecule has 1 fully saturated rings. The first kappa shape index (κ1) is 12.1. The first-order valence-corrected chi connectivity index (χ1v) is 6.88. The maximum absolute atomic E-state index is 5.92. The van der Waals surface area contributed by atoms with Gasteiger partial charge in [0.1, 0.15) is 12.4 Å². The van der Waals surface area contributed by atoms with Gasteiger partial charge in [-0.1, -0.05) is 12.1 Å². The number of ether oxygens (including phenoxy) is 1. The molecule has 1 aromatic heterocycles. The number of para-hydroxylation sites is 2. The molecule has 4 heteroatoms. The fourth-order valence-electron chi connectivity index (χ4n) is 2.48. The van der Waals surface area contributed by atoms with Crippen LogP contribution in [0.3, 0.4) is 0 Å². The van der Waals surface area contributed by atoms with Crippen molar-refractivity contribution in [3.8, 4) is 5.75 Å². The zero-order valence-electron chi connectivity index (χ0n) is 11.0. The molecule has 100 valence electrons. The summed E-state index contributed by atoms with van der Waals surface area (Å²) in [4.78, 5) is 2.41. The van der Waals surface area contributed by atoms with Crippen molar-refractivity contribution in [3.63, 3.8) is 0 Å². The van der Waals surface area contributed by atoms with Crippen LogP contribution >= 0.6 is 0 Å². The van der Waals surface area contributed by atoms with Gasteiger partial charge in [-0.2, -0.15) is 5.10 Å². The van der Waals surface area contributed by atoms with Crippen molar-refractivity contribution in [2.45, 2.75) is 19.4 Å². The number of nitrogens with zero attached hydrogens (tertiary/aromatic N) is 3. The highest BCUT2D eigenvalue weighted by Gasteiger charge is 2.15. The minimum atomic E-state index is 0.645. The Labute approximate surface area is 113 Å². The summed E-state index contributed by atoms with van der Waals surface area (Å²) >= 11 is 0. The van der Waals surface area contributed by atoms with Gasteiger partial charge in [-0.3, -0.25) is 4.68 Å². The normalized spacial score (nSPS) is 14.8. The molecule has 0 aliphatic carbocycles. The van der Waals surface area contributed by atoms with Crippen molar-refractivity contribution in [1.29, 1.82) is 0 Å². The highest BCUT2D eigenvalue weighted by atomic mass is 16.5. The maximum Gasteiger partial charge on any atom is 0.142 e. The molecule has 0 spiro atoms. The van der Waals surface area contributed by atoms with E-state index < -0.39 is 0 Å². The summed E-state index contributed by atoms with van der Waals surface area (Å²) in [5.74, 6) is 0.983. The van der Waals surface area contributed by atoms with Crippen molar-refractivity contribution in [1.82, 2.24) is 9.78 Å². The van der Waals surface area contributed by atoms with Crippen molar-refractivity contribution >= 4 is 5.69 Å². The van der Waals surface area contributed by atoms with Crippen LogP contribution in [-0.2, 0) is 6.54 Å². The third-order valence-electron chi connectivity index (χ3n) is 3.45. The summed E-state index contributed by atoms with van der Waals surface area (Å²) in [6.45, 7) is 3.70. The Morgan fingerprint density at radius 3 is 2.74 bits per heavy atom. The molecule has 2 aromatic rings. The lowest BCUT2D eigenvalue weighted by Gasteiger charge is -2.21. The van der Waals surface area contributed by atoms with Crippen LogP contribution in [0.4, 0.5) is 5.69 Å². The summed E-state index contributed by atoms with van der Waals surface area (Å²) in [5.41, 5.74) is 1.22. The fourth-order valence-corrected chi connectivity index (χ4v) is 2.48. The van der Waals surface area contributed by atoms with Crippen LogP contribution in [0.2, 0.25) is 0 Å². The SMILES string of the molecule is c1ccc(N2CCCC2)c(OCCn2cccn2)c1. The van der Waals surface area contributed by atoms with Gasteiger partial charge in [0.05, 0.1) is 12.2 Å². The Hall–Kier alpha value is -1.97. The number of anilines is 1. The van der Waals surface area contributed by atoms with E-state index in [4.69, 9.17) is 4.74 Å². The molecule has 3 rings (SSSR count). The molecule has 1 aliphatic rings. The monoisotopic (exact) mass is 257 g/mol. The molecular weight excluding hydrogens is 238 g/mol. The Morgan fingerprint density at radius 2 is 1.95 bits per heavy atom. The summed E-state index contributed by atoms with van der Waals surface area (Å²) in [6.07, 6.45) is 6.30. The minimum absolute atomic E-state index is 0.645. The maximum atomic E-state index is 5.92. The first-order valence-electron chi connectivity index (χ1n) is 6.88. The third-order valence-corrected chi connectivity index (χ3v) is 3.45. The molecule has 4 nitrogen and oxygen atoms in total. The molecule has 1 saturated heterocycles. The largest absolute Gasteiger partial charge is 0.489 e. The van der Waals surface area contributed by atoms with E-state index in [1.165, 1.54) is 18.5 Å². The Balaban J connectivity index is 1.63. The first-order chi connectivity index (χ1) is 9.43. The van der Waals surface area contributed by atoms with Gasteiger partial charge in [0.15, 0.2) is 0 Å². The Bertz CT molecular complexity index is 504. The van der Waals surface area contributed by atoms with Crippen molar-refractivity contribution in [2.24, 2.45) is 0 Å². The third kappa shape index (κ3) is 2.89. The number of hydrogen-bond acceptors (Lipinski definition) is 3. The predicted molar refractivity (Wildman–Crippen MR) is 75.6 cm³/mol. The van der Waals surface area contributed by atoms with E-state index in [1.54, 1.807) is 6.20 Å². The number of benzene rings is 1. The quantitative estimate of drug-likeness (QED) is 0.824. The number of aromatic nitrogens is 2. The van der Waals surface area contributed by atoms with Crippen molar-refractivity contribution in [2.75, 3.05) is 24.6 Å². The fraction of sp³-hybridized carbons (Fsp3) is 0.400. The van der Waals surface area contributed by atoms with E-state index >= 15 is 0 Å². The molecule has 0 amide bonds. The summed E-state index contributed by atoms with van der Waals surface area (Å²) in [6, 6.07) is 10.2. The van der Waals surface area contributed by atoms with Gasteiger partial charge >= 0.3 is 0 Å². The highest BCUT2D eigenvalue weighted by molar-refractivity contribution is 5.58. The number of rotatable bonds is 5. The lowest BCUT2D eigenvalue weighted by Crippen LogP contribution is -2.19. The molecule has 0 N–H and O–H groups in total. The van der Waals surface area contributed by atoms with E-state index in [0.29, 0.717) is 6.61 Å². The van der Waals surface area contributed by atoms with E-state index in [2.05, 4.69) is 28.2 Å². The van der Waals surface area contributed by atoms with E-state index in [9.17, 15) is 0 Å². The lowest BCUT2D eigenvalue weighted by atomic mass is 10.2. The van der Waals surface area contributed by atoms with Crippen molar-refractivity contribution < 1.29 is 4.74 Å². The van der Waals surface area contributed by atoms with E-state index in [0.717, 1.165) is 25.4 Å². The Kier molecular flexibility index (Phi) is 3.68. The van der Waals surface area contributed by atoms with E-state index in [-0.39, 0.29) is 0 Å². The molecule has 19 heavy (non-hydrogen) atoms. The van der Waals surface area contributed by atoms with Gasteiger partial charge in [-0.15, -0.1) is 0 Å². The molecule has 0 saturated carbocycles. The van der Waals surface area contributed by atoms with Crippen LogP contribution < -0.4 is 9.64 Å². The molecule has 1 aliphatic heterocycles. The summed E-state index contributed by atoms with van der Waals surface area (Å²) in [5, 5.41) is 4.17. The van der Waals surface area contributed by atoms with Gasteiger partial charge < -0.3 is 9.64 Å². The van der Waals surface area contributed by atoms with Crippen LogP contribution in [0.25, 0.3) is 0 Å². The molecular formula is C15H19N3O. The zero-order chi connectivity index (χ0) is 12.9. The predicted octanol–water partition coefficient (Wildman–Crippen LogP) is 2.56. The van der Waals surface area contributed by atoms with Crippen LogP contribution in [0.15, 0.2) is 42.7 Å². The minimum Gasteiger partial charge on any atom is -0.489 e. The standard InChI is InChI=1S/C15H19N3O/c1-2-7-15(14(6-1)17-9-3-4-10-17)19-13-12-18-11-5-8-16-18/h1-2,5-8,11H,3-4,9-10,12-13H2. The molecule has 0 bridgehead atoms. The average Bonchev–Trinajstić information content (AvgIpc) is 3.12. The smallest absolute Gasteiger partial charge is 0.142 e. The second-order valence-corrected chi connectivity index (χ2v) is 4.78. The van der Waals surface area contributed by atoms with Crippen LogP contribution in [0.5, 0.6) is 5.75 Å². The van der Waals surface area contributed by atoms with Gasteiger partial charge in [-0.05, 0) is 31.0 Å². The van der Waals surface area contributed by atoms with Crippen LogP contribution in [0.1, 0.15) is 12.8 Å². The number of hydrogen-bond donors (Lipinski definition) is 0. The van der Waals surface area contributed by atoms with Gasteiger partial charge in [0.2, 0.25) is 0 Å². The highest BCUT2D eigenvalue weighted by Crippen LogP contribution is 2.30. The molecule has 0 unspecified atom stereocenters. The molecule has 1 aromatic carbocycles.